The molecule has 0 fully saturated rings. The van der Waals surface area contributed by atoms with E-state index in [1.54, 1.807) is 0 Å². The third-order valence-electron chi connectivity index (χ3n) is 2.61. The molecule has 0 radical (unpaired) electrons. The van der Waals surface area contributed by atoms with Gasteiger partial charge in [-0.1, -0.05) is 30.3 Å². The van der Waals surface area contributed by atoms with Gasteiger partial charge in [0.25, 0.3) is 0 Å². The number of carbonyl (C=O) groups is 1. The van der Waals surface area contributed by atoms with Crippen molar-refractivity contribution in [2.24, 2.45) is 15.4 Å². The molecule has 0 saturated carbocycles. The first kappa shape index (κ1) is 14.7. The van der Waals surface area contributed by atoms with Gasteiger partial charge in [-0.3, -0.25) is 4.79 Å². The molecule has 0 spiro atoms. The van der Waals surface area contributed by atoms with Crippen molar-refractivity contribution in [1.29, 1.82) is 0 Å². The molecule has 5 nitrogen and oxygen atoms in total. The van der Waals surface area contributed by atoms with Crippen LogP contribution >= 0.6 is 0 Å². The third-order valence-corrected chi connectivity index (χ3v) is 4.11. The monoisotopic (exact) mass is 270 g/mol. The molecular weight excluding hydrogens is 252 g/mol. The average Bonchev–Trinajstić information content (AvgIpc) is 2.38. The van der Waals surface area contributed by atoms with E-state index < -0.39 is 21.8 Å². The molecule has 0 aliphatic carbocycles. The first-order valence-corrected chi connectivity index (χ1v) is 7.25. The number of benzene rings is 1. The number of esters is 1. The molecule has 100 valence electrons. The second-order valence-corrected chi connectivity index (χ2v) is 6.03. The summed E-state index contributed by atoms with van der Waals surface area (Å²) in [4.78, 5) is 11.7. The van der Waals surface area contributed by atoms with E-state index in [1.807, 2.05) is 30.3 Å². The highest BCUT2D eigenvalue weighted by Gasteiger charge is 2.23. The van der Waals surface area contributed by atoms with Gasteiger partial charge in [-0.2, -0.15) is 0 Å². The largest absolute Gasteiger partial charge is 0.469 e. The second-order valence-electron chi connectivity index (χ2n) is 3.95. The lowest BCUT2D eigenvalue weighted by atomic mass is 10.0. The van der Waals surface area contributed by atoms with Crippen molar-refractivity contribution in [3.05, 3.63) is 35.9 Å². The van der Waals surface area contributed by atoms with E-state index in [9.17, 15) is 9.00 Å². The van der Waals surface area contributed by atoms with Gasteiger partial charge in [0.05, 0.1) is 18.8 Å². The summed E-state index contributed by atoms with van der Waals surface area (Å²) < 4.78 is 20.1. The lowest BCUT2D eigenvalue weighted by molar-refractivity contribution is -0.144. The number of hydrogen-bond donors (Lipinski definition) is 1. The molecule has 0 aliphatic heterocycles. The number of ether oxygens (including phenoxy) is 1. The molecule has 0 bridgehead atoms. The Balaban J connectivity index is 2.87. The Morgan fingerprint density at radius 2 is 2.06 bits per heavy atom. The van der Waals surface area contributed by atoms with E-state index in [0.717, 1.165) is 5.56 Å². The van der Waals surface area contributed by atoms with Crippen LogP contribution in [0.2, 0.25) is 0 Å². The highest BCUT2D eigenvalue weighted by Crippen LogP contribution is 2.12. The fraction of sp³-hybridized carbons (Fsp3) is 0.417. The van der Waals surface area contributed by atoms with Crippen LogP contribution in [0.15, 0.2) is 34.7 Å². The van der Waals surface area contributed by atoms with Crippen molar-refractivity contribution in [3.8, 4) is 0 Å². The first-order valence-electron chi connectivity index (χ1n) is 5.51. The van der Waals surface area contributed by atoms with Crippen molar-refractivity contribution in [2.45, 2.75) is 6.42 Å². The molecule has 2 N–H and O–H groups in total. The van der Waals surface area contributed by atoms with Crippen molar-refractivity contribution < 1.29 is 13.7 Å². The first-order chi connectivity index (χ1) is 8.48. The van der Waals surface area contributed by atoms with Gasteiger partial charge in [0, 0.05) is 7.05 Å². The fourth-order valence-corrected chi connectivity index (χ4v) is 2.62. The third kappa shape index (κ3) is 4.46. The summed E-state index contributed by atoms with van der Waals surface area (Å²) in [5, 5.41) is 5.52. The Morgan fingerprint density at radius 3 is 2.56 bits per heavy atom. The smallest absolute Gasteiger partial charge is 0.310 e. The maximum Gasteiger partial charge on any atom is 0.310 e. The van der Waals surface area contributed by atoms with Crippen LogP contribution in [0.3, 0.4) is 0 Å². The summed E-state index contributed by atoms with van der Waals surface area (Å²) in [5.74, 6) is -0.954. The summed E-state index contributed by atoms with van der Waals surface area (Å²) in [6.45, 7) is 0. The van der Waals surface area contributed by atoms with Crippen molar-refractivity contribution in [1.82, 2.24) is 0 Å². The van der Waals surface area contributed by atoms with E-state index in [4.69, 9.17) is 9.88 Å². The van der Waals surface area contributed by atoms with Gasteiger partial charge >= 0.3 is 5.97 Å². The van der Waals surface area contributed by atoms with Gasteiger partial charge in [0.1, 0.15) is 9.92 Å². The summed E-state index contributed by atoms with van der Waals surface area (Å²) in [7, 11) is -0.124. The summed E-state index contributed by atoms with van der Waals surface area (Å²) >= 11 is 0. The van der Waals surface area contributed by atoms with Crippen molar-refractivity contribution in [2.75, 3.05) is 19.9 Å². The van der Waals surface area contributed by atoms with E-state index in [0.29, 0.717) is 6.42 Å². The van der Waals surface area contributed by atoms with Crippen molar-refractivity contribution in [3.63, 3.8) is 0 Å². The summed E-state index contributed by atoms with van der Waals surface area (Å²) in [6, 6.07) is 9.46. The zero-order valence-electron chi connectivity index (χ0n) is 10.5. The van der Waals surface area contributed by atoms with E-state index >= 15 is 0 Å². The lowest BCUT2D eigenvalue weighted by Gasteiger charge is -2.15. The van der Waals surface area contributed by atoms with Crippen LogP contribution in [-0.4, -0.2) is 30.1 Å². The molecule has 2 unspecified atom stereocenters. The normalized spacial score (nSPS) is 15.5. The average molecular weight is 270 g/mol. The Bertz CT molecular complexity index is 507. The molecule has 0 amide bonds. The van der Waals surface area contributed by atoms with Gasteiger partial charge in [-0.05, 0) is 12.0 Å². The molecule has 2 atom stereocenters. The predicted molar refractivity (Wildman–Crippen MR) is 71.2 cm³/mol. The van der Waals surface area contributed by atoms with E-state index in [2.05, 4.69) is 4.36 Å². The standard InChI is InChI=1S/C12H18N2O3S/c1-14-18(13,16)9-11(12(15)17-2)8-10-6-4-3-5-7-10/h3-7,11H,8-9H2,1-2H3,(H2,13,14,16). The van der Waals surface area contributed by atoms with Crippen LogP contribution in [0, 0.1) is 5.92 Å². The minimum absolute atomic E-state index is 0.00503. The van der Waals surface area contributed by atoms with Crippen LogP contribution in [0.5, 0.6) is 0 Å². The number of nitrogens with two attached hydrogens (primary N) is 1. The molecule has 0 aromatic heterocycles. The lowest BCUT2D eigenvalue weighted by Crippen LogP contribution is -2.30. The molecule has 1 aromatic carbocycles. The fourth-order valence-electron chi connectivity index (χ4n) is 1.64. The molecule has 0 saturated heterocycles. The van der Waals surface area contributed by atoms with E-state index in [1.165, 1.54) is 14.2 Å². The highest BCUT2D eigenvalue weighted by atomic mass is 32.2. The molecule has 0 aliphatic rings. The zero-order chi connectivity index (χ0) is 13.6. The maximum absolute atomic E-state index is 11.8. The van der Waals surface area contributed by atoms with Crippen molar-refractivity contribution >= 4 is 15.9 Å². The minimum atomic E-state index is -2.82. The number of rotatable bonds is 5. The molecule has 18 heavy (non-hydrogen) atoms. The van der Waals surface area contributed by atoms with Gasteiger partial charge in [0.2, 0.25) is 0 Å². The predicted octanol–water partition coefficient (Wildman–Crippen LogP) is 0.990. The number of hydrogen-bond acceptors (Lipinski definition) is 4. The second kappa shape index (κ2) is 6.51. The molecule has 0 heterocycles. The Labute approximate surface area is 108 Å². The quantitative estimate of drug-likeness (QED) is 0.810. The Kier molecular flexibility index (Phi) is 5.30. The highest BCUT2D eigenvalue weighted by molar-refractivity contribution is 7.91. The van der Waals surface area contributed by atoms with Gasteiger partial charge in [-0.25, -0.2) is 13.7 Å². The topological polar surface area (TPSA) is 81.8 Å². The summed E-state index contributed by atoms with van der Waals surface area (Å²) in [6.07, 6.45) is 0.442. The molecule has 1 rings (SSSR count). The summed E-state index contributed by atoms with van der Waals surface area (Å²) in [5.41, 5.74) is 0.971. The van der Waals surface area contributed by atoms with Crippen LogP contribution in [0.1, 0.15) is 5.56 Å². The molecule has 6 heteroatoms. The van der Waals surface area contributed by atoms with Crippen LogP contribution in [-0.2, 0) is 25.9 Å². The molecular formula is C12H18N2O3S. The van der Waals surface area contributed by atoms with Gasteiger partial charge < -0.3 is 4.74 Å². The Morgan fingerprint density at radius 1 is 1.44 bits per heavy atom. The van der Waals surface area contributed by atoms with Gasteiger partial charge in [-0.15, -0.1) is 0 Å². The number of carbonyl (C=O) groups excluding carboxylic acids is 1. The minimum Gasteiger partial charge on any atom is -0.469 e. The van der Waals surface area contributed by atoms with Gasteiger partial charge in [0.15, 0.2) is 0 Å². The zero-order valence-corrected chi connectivity index (χ0v) is 11.4. The Hall–Kier alpha value is -1.40. The number of nitrogens with zero attached hydrogens (tertiary/aromatic N) is 1. The van der Waals surface area contributed by atoms with Crippen LogP contribution in [0.4, 0.5) is 0 Å². The number of methoxy groups -OCH3 is 1. The molecule has 1 aromatic rings. The van der Waals surface area contributed by atoms with Crippen LogP contribution in [0.25, 0.3) is 0 Å². The van der Waals surface area contributed by atoms with E-state index in [-0.39, 0.29) is 5.75 Å². The maximum atomic E-state index is 11.8. The SMILES string of the molecule is CN=S(N)(=O)CC(Cc1ccccc1)C(=O)OC. The van der Waals surface area contributed by atoms with Crippen LogP contribution < -0.4 is 5.14 Å².